The lowest BCUT2D eigenvalue weighted by atomic mass is 10.1. The van der Waals surface area contributed by atoms with E-state index in [1.165, 1.54) is 11.3 Å². The number of nitrogens with zero attached hydrogens (tertiary/aromatic N) is 2. The summed E-state index contributed by atoms with van der Waals surface area (Å²) in [6.45, 7) is 4.53. The first-order chi connectivity index (χ1) is 12.6. The number of carbonyl (C=O) groups excluding carboxylic acids is 2. The number of thiophene rings is 1. The highest BCUT2D eigenvalue weighted by Crippen LogP contribution is 2.22. The topological polar surface area (TPSA) is 52.7 Å². The maximum Gasteiger partial charge on any atom is 0.264 e. The molecule has 7 heteroatoms. The Bertz CT molecular complexity index is 758. The third-order valence-electron chi connectivity index (χ3n) is 4.58. The summed E-state index contributed by atoms with van der Waals surface area (Å²) < 4.78 is 0. The molecular weight excluding hydrogens is 370 g/mol. The molecule has 0 unspecified atom stereocenters. The van der Waals surface area contributed by atoms with Gasteiger partial charge in [0, 0.05) is 37.2 Å². The van der Waals surface area contributed by atoms with Crippen molar-refractivity contribution in [1.82, 2.24) is 15.1 Å². The summed E-state index contributed by atoms with van der Waals surface area (Å²) in [7, 11) is 0. The smallest absolute Gasteiger partial charge is 0.264 e. The van der Waals surface area contributed by atoms with Crippen molar-refractivity contribution in [3.05, 3.63) is 57.2 Å². The number of hydrogen-bond donors (Lipinski definition) is 1. The van der Waals surface area contributed by atoms with Gasteiger partial charge in [-0.3, -0.25) is 9.59 Å². The Morgan fingerprint density at radius 3 is 2.46 bits per heavy atom. The van der Waals surface area contributed by atoms with E-state index >= 15 is 0 Å². The lowest BCUT2D eigenvalue weighted by Gasteiger charge is -2.34. The molecule has 0 aliphatic carbocycles. The molecule has 1 fully saturated rings. The molecule has 138 valence electrons. The van der Waals surface area contributed by atoms with Gasteiger partial charge in [-0.1, -0.05) is 35.9 Å². The zero-order valence-corrected chi connectivity index (χ0v) is 16.2. The first-order valence-electron chi connectivity index (χ1n) is 8.64. The zero-order chi connectivity index (χ0) is 18.5. The van der Waals surface area contributed by atoms with Crippen molar-refractivity contribution in [3.8, 4) is 0 Å². The van der Waals surface area contributed by atoms with Crippen LogP contribution in [-0.4, -0.2) is 54.3 Å². The summed E-state index contributed by atoms with van der Waals surface area (Å²) in [4.78, 5) is 29.2. The maximum atomic E-state index is 12.5. The molecule has 2 heterocycles. The van der Waals surface area contributed by atoms with Crippen LogP contribution in [0.4, 0.5) is 0 Å². The fourth-order valence-electron chi connectivity index (χ4n) is 3.00. The van der Waals surface area contributed by atoms with Gasteiger partial charge in [-0.2, -0.15) is 0 Å². The van der Waals surface area contributed by atoms with Crippen molar-refractivity contribution in [2.45, 2.75) is 13.0 Å². The van der Waals surface area contributed by atoms with Crippen LogP contribution in [0.5, 0.6) is 0 Å². The molecule has 1 aromatic heterocycles. The minimum absolute atomic E-state index is 0.00524. The van der Waals surface area contributed by atoms with Crippen molar-refractivity contribution < 1.29 is 9.59 Å². The molecule has 0 radical (unpaired) electrons. The summed E-state index contributed by atoms with van der Waals surface area (Å²) in [5.74, 6) is 0.102. The van der Waals surface area contributed by atoms with Gasteiger partial charge in [0.2, 0.25) is 5.91 Å². The van der Waals surface area contributed by atoms with Crippen LogP contribution >= 0.6 is 22.9 Å². The third-order valence-corrected chi connectivity index (χ3v) is 5.78. The van der Waals surface area contributed by atoms with Crippen LogP contribution in [0.1, 0.15) is 28.2 Å². The van der Waals surface area contributed by atoms with Gasteiger partial charge in [-0.15, -0.1) is 11.3 Å². The molecule has 1 aliphatic rings. The van der Waals surface area contributed by atoms with Gasteiger partial charge in [-0.25, -0.2) is 0 Å². The monoisotopic (exact) mass is 391 g/mol. The fourth-order valence-corrected chi connectivity index (χ4v) is 3.99. The minimum atomic E-state index is -0.00524. The Morgan fingerprint density at radius 2 is 1.81 bits per heavy atom. The molecule has 0 saturated carbocycles. The largest absolute Gasteiger partial charge is 0.338 e. The van der Waals surface area contributed by atoms with E-state index in [4.69, 9.17) is 11.6 Å². The average molecular weight is 392 g/mol. The SMILES string of the molecule is C[C@@H](NCC(=O)N1CCN(C(=O)c2cccs2)CC1)c1ccccc1Cl. The molecule has 1 saturated heterocycles. The first-order valence-corrected chi connectivity index (χ1v) is 9.90. The van der Waals surface area contributed by atoms with Crippen molar-refractivity contribution in [2.75, 3.05) is 32.7 Å². The molecule has 1 aliphatic heterocycles. The van der Waals surface area contributed by atoms with E-state index in [1.807, 2.05) is 58.5 Å². The van der Waals surface area contributed by atoms with Gasteiger partial charge in [0.05, 0.1) is 11.4 Å². The number of benzene rings is 1. The van der Waals surface area contributed by atoms with E-state index in [-0.39, 0.29) is 24.4 Å². The van der Waals surface area contributed by atoms with Crippen molar-refractivity contribution in [3.63, 3.8) is 0 Å². The predicted molar refractivity (Wildman–Crippen MR) is 105 cm³/mol. The molecular formula is C19H22ClN3O2S. The molecule has 0 bridgehead atoms. The second-order valence-electron chi connectivity index (χ2n) is 6.27. The quantitative estimate of drug-likeness (QED) is 0.852. The molecule has 0 spiro atoms. The van der Waals surface area contributed by atoms with Gasteiger partial charge in [0.15, 0.2) is 0 Å². The van der Waals surface area contributed by atoms with Crippen LogP contribution in [-0.2, 0) is 4.79 Å². The van der Waals surface area contributed by atoms with Crippen LogP contribution in [0.2, 0.25) is 5.02 Å². The van der Waals surface area contributed by atoms with E-state index in [0.29, 0.717) is 31.2 Å². The van der Waals surface area contributed by atoms with Crippen molar-refractivity contribution in [1.29, 1.82) is 0 Å². The second-order valence-corrected chi connectivity index (χ2v) is 7.63. The highest BCUT2D eigenvalue weighted by atomic mass is 35.5. The van der Waals surface area contributed by atoms with E-state index in [1.54, 1.807) is 0 Å². The number of carbonyl (C=O) groups is 2. The standard InChI is InChI=1S/C19H22ClN3O2S/c1-14(15-5-2-3-6-16(15)20)21-13-18(24)22-8-10-23(11-9-22)19(25)17-7-4-12-26-17/h2-7,12,14,21H,8-11,13H2,1H3/t14-/m1/s1. The molecule has 2 amide bonds. The van der Waals surface area contributed by atoms with Gasteiger partial charge in [-0.05, 0) is 30.0 Å². The van der Waals surface area contributed by atoms with E-state index in [0.717, 1.165) is 10.4 Å². The highest BCUT2D eigenvalue weighted by molar-refractivity contribution is 7.12. The lowest BCUT2D eigenvalue weighted by Crippen LogP contribution is -2.52. The summed E-state index contributed by atoms with van der Waals surface area (Å²) in [5.41, 5.74) is 0.980. The minimum Gasteiger partial charge on any atom is -0.338 e. The lowest BCUT2D eigenvalue weighted by molar-refractivity contribution is -0.131. The summed E-state index contributed by atoms with van der Waals surface area (Å²) in [5, 5.41) is 5.84. The normalized spacial score (nSPS) is 15.8. The van der Waals surface area contributed by atoms with E-state index in [2.05, 4.69) is 5.32 Å². The van der Waals surface area contributed by atoms with Crippen LogP contribution in [0.15, 0.2) is 41.8 Å². The average Bonchev–Trinajstić information content (AvgIpc) is 3.20. The zero-order valence-electron chi connectivity index (χ0n) is 14.7. The molecule has 26 heavy (non-hydrogen) atoms. The number of halogens is 1. The molecule has 1 aromatic carbocycles. The van der Waals surface area contributed by atoms with Gasteiger partial charge < -0.3 is 15.1 Å². The van der Waals surface area contributed by atoms with Crippen LogP contribution in [0.3, 0.4) is 0 Å². The second kappa shape index (κ2) is 8.66. The number of piperazine rings is 1. The van der Waals surface area contributed by atoms with Crippen LogP contribution in [0.25, 0.3) is 0 Å². The Labute approximate surface area is 162 Å². The highest BCUT2D eigenvalue weighted by Gasteiger charge is 2.25. The van der Waals surface area contributed by atoms with E-state index < -0.39 is 0 Å². The summed E-state index contributed by atoms with van der Waals surface area (Å²) >= 11 is 7.65. The van der Waals surface area contributed by atoms with Gasteiger partial charge in [0.25, 0.3) is 5.91 Å². The Morgan fingerprint density at radius 1 is 1.12 bits per heavy atom. The Balaban J connectivity index is 1.46. The Kier molecular flexibility index (Phi) is 6.29. The van der Waals surface area contributed by atoms with Crippen molar-refractivity contribution >= 4 is 34.8 Å². The van der Waals surface area contributed by atoms with Gasteiger partial charge >= 0.3 is 0 Å². The first kappa shape index (κ1) is 18.9. The molecule has 3 rings (SSSR count). The fraction of sp³-hybridized carbons (Fsp3) is 0.368. The molecule has 1 N–H and O–H groups in total. The molecule has 1 atom stereocenters. The maximum absolute atomic E-state index is 12.5. The number of amides is 2. The molecule has 5 nitrogen and oxygen atoms in total. The summed E-state index contributed by atoms with van der Waals surface area (Å²) in [6.07, 6.45) is 0. The summed E-state index contributed by atoms with van der Waals surface area (Å²) in [6, 6.07) is 11.3. The van der Waals surface area contributed by atoms with Crippen LogP contribution < -0.4 is 5.32 Å². The van der Waals surface area contributed by atoms with Crippen LogP contribution in [0, 0.1) is 0 Å². The number of nitrogens with one attached hydrogen (secondary N) is 1. The predicted octanol–water partition coefficient (Wildman–Crippen LogP) is 3.04. The van der Waals surface area contributed by atoms with Gasteiger partial charge in [0.1, 0.15) is 0 Å². The number of rotatable bonds is 5. The number of hydrogen-bond acceptors (Lipinski definition) is 4. The molecule has 2 aromatic rings. The van der Waals surface area contributed by atoms with E-state index in [9.17, 15) is 9.59 Å². The third kappa shape index (κ3) is 4.44. The Hall–Kier alpha value is -1.89. The van der Waals surface area contributed by atoms with Crippen molar-refractivity contribution in [2.24, 2.45) is 0 Å².